The van der Waals surface area contributed by atoms with E-state index in [1.54, 1.807) is 0 Å². The number of hydrogen-bond donors (Lipinski definition) is 3. The van der Waals surface area contributed by atoms with Gasteiger partial charge in [0.1, 0.15) is 0 Å². The van der Waals surface area contributed by atoms with Gasteiger partial charge < -0.3 is 10.4 Å². The van der Waals surface area contributed by atoms with Crippen LogP contribution in [-0.2, 0) is 6.42 Å². The molecular formula is C17H15N3O2. The average Bonchev–Trinajstić information content (AvgIpc) is 3.09. The summed E-state index contributed by atoms with van der Waals surface area (Å²) in [4.78, 5) is 12.5. The van der Waals surface area contributed by atoms with E-state index in [1.807, 2.05) is 48.5 Å². The molecule has 0 bridgehead atoms. The highest BCUT2D eigenvalue weighted by Gasteiger charge is 2.32. The van der Waals surface area contributed by atoms with E-state index in [2.05, 4.69) is 15.5 Å². The van der Waals surface area contributed by atoms with Crippen LogP contribution in [0, 0.1) is 0 Å². The lowest BCUT2D eigenvalue weighted by atomic mass is 10.1. The molecule has 3 N–H and O–H groups in total. The molecule has 0 saturated carbocycles. The normalized spacial score (nSPS) is 20.0. The number of carbonyl (C=O) groups excluding carboxylic acids is 1. The van der Waals surface area contributed by atoms with Crippen LogP contribution in [0.2, 0.25) is 0 Å². The van der Waals surface area contributed by atoms with E-state index in [1.165, 1.54) is 0 Å². The Kier molecular flexibility index (Phi) is 2.94. The number of amides is 1. The van der Waals surface area contributed by atoms with E-state index < -0.39 is 6.10 Å². The Bertz CT molecular complexity index is 856. The second kappa shape index (κ2) is 4.96. The molecule has 0 unspecified atom stereocenters. The van der Waals surface area contributed by atoms with E-state index in [4.69, 9.17) is 0 Å². The molecule has 1 aliphatic carbocycles. The summed E-state index contributed by atoms with van der Waals surface area (Å²) in [6, 6.07) is 14.9. The van der Waals surface area contributed by atoms with E-state index in [0.717, 1.165) is 22.0 Å². The highest BCUT2D eigenvalue weighted by Crippen LogP contribution is 2.31. The van der Waals surface area contributed by atoms with E-state index in [-0.39, 0.29) is 11.9 Å². The highest BCUT2D eigenvalue weighted by molar-refractivity contribution is 6.04. The van der Waals surface area contributed by atoms with Crippen LogP contribution >= 0.6 is 0 Å². The summed E-state index contributed by atoms with van der Waals surface area (Å²) in [5.41, 5.74) is 3.22. The summed E-state index contributed by atoms with van der Waals surface area (Å²) < 4.78 is 0. The molecule has 0 spiro atoms. The van der Waals surface area contributed by atoms with Gasteiger partial charge in [0, 0.05) is 11.8 Å². The molecule has 22 heavy (non-hydrogen) atoms. The second-order valence-electron chi connectivity index (χ2n) is 5.54. The first-order valence-electron chi connectivity index (χ1n) is 7.24. The van der Waals surface area contributed by atoms with Crippen molar-refractivity contribution in [1.82, 2.24) is 15.5 Å². The number of H-pyrrole nitrogens is 1. The van der Waals surface area contributed by atoms with Gasteiger partial charge in [0.25, 0.3) is 5.91 Å². The summed E-state index contributed by atoms with van der Waals surface area (Å²) in [5, 5.41) is 20.9. The van der Waals surface area contributed by atoms with Crippen LogP contribution in [0.1, 0.15) is 27.7 Å². The summed E-state index contributed by atoms with van der Waals surface area (Å²) in [6.07, 6.45) is -0.0471. The number of rotatable bonds is 2. The fourth-order valence-electron chi connectivity index (χ4n) is 3.09. The van der Waals surface area contributed by atoms with Crippen LogP contribution in [0.4, 0.5) is 0 Å². The number of nitrogens with one attached hydrogen (secondary N) is 2. The number of aromatic amines is 1. The minimum atomic E-state index is -0.605. The fourth-order valence-corrected chi connectivity index (χ4v) is 3.09. The third-order valence-corrected chi connectivity index (χ3v) is 4.18. The summed E-state index contributed by atoms with van der Waals surface area (Å²) in [6.45, 7) is 0. The van der Waals surface area contributed by atoms with Crippen molar-refractivity contribution < 1.29 is 9.90 Å². The monoisotopic (exact) mass is 293 g/mol. The maximum absolute atomic E-state index is 12.5. The first kappa shape index (κ1) is 13.0. The molecule has 3 aromatic rings. The molecule has 0 radical (unpaired) electrons. The summed E-state index contributed by atoms with van der Waals surface area (Å²) in [5.74, 6) is -0.279. The maximum atomic E-state index is 12.5. The number of nitrogens with zero attached hydrogens (tertiary/aromatic N) is 1. The van der Waals surface area contributed by atoms with E-state index in [9.17, 15) is 9.90 Å². The van der Waals surface area contributed by atoms with Crippen molar-refractivity contribution >= 4 is 16.8 Å². The van der Waals surface area contributed by atoms with Crippen molar-refractivity contribution in [3.8, 4) is 0 Å². The van der Waals surface area contributed by atoms with Crippen molar-refractivity contribution in [2.45, 2.75) is 18.6 Å². The standard InChI is InChI=1S/C17H15N3O2/c21-14-9-10-5-1-2-6-11(10)15(14)18-17(22)16-12-7-3-4-8-13(12)19-20-16/h1-8,14-15,21H,9H2,(H,18,22)(H,19,20)/t14-,15+/m0/s1. The van der Waals surface area contributed by atoms with Crippen molar-refractivity contribution in [3.05, 3.63) is 65.4 Å². The Balaban J connectivity index is 1.65. The Morgan fingerprint density at radius 1 is 1.18 bits per heavy atom. The number of aliphatic hydroxyl groups excluding tert-OH is 1. The zero-order valence-electron chi connectivity index (χ0n) is 11.8. The molecule has 2 aromatic carbocycles. The fraction of sp³-hybridized carbons (Fsp3) is 0.176. The lowest BCUT2D eigenvalue weighted by molar-refractivity contribution is 0.0855. The van der Waals surface area contributed by atoms with Gasteiger partial charge in [-0.15, -0.1) is 0 Å². The van der Waals surface area contributed by atoms with Gasteiger partial charge in [-0.2, -0.15) is 5.10 Å². The lowest BCUT2D eigenvalue weighted by Gasteiger charge is -2.17. The predicted octanol–water partition coefficient (Wildman–Crippen LogP) is 1.95. The van der Waals surface area contributed by atoms with Gasteiger partial charge >= 0.3 is 0 Å². The third kappa shape index (κ3) is 1.98. The number of para-hydroxylation sites is 1. The van der Waals surface area contributed by atoms with Crippen molar-refractivity contribution in [2.75, 3.05) is 0 Å². The van der Waals surface area contributed by atoms with Crippen LogP contribution in [0.15, 0.2) is 48.5 Å². The number of aliphatic hydroxyl groups is 1. The summed E-state index contributed by atoms with van der Waals surface area (Å²) in [7, 11) is 0. The Hall–Kier alpha value is -2.66. The number of hydrogen-bond acceptors (Lipinski definition) is 3. The maximum Gasteiger partial charge on any atom is 0.272 e. The molecule has 5 nitrogen and oxygen atoms in total. The van der Waals surface area contributed by atoms with Gasteiger partial charge in [0.15, 0.2) is 5.69 Å². The summed E-state index contributed by atoms with van der Waals surface area (Å²) >= 11 is 0. The molecule has 0 saturated heterocycles. The van der Waals surface area contributed by atoms with Crippen molar-refractivity contribution in [2.24, 2.45) is 0 Å². The molecule has 2 atom stereocenters. The minimum Gasteiger partial charge on any atom is -0.390 e. The molecule has 0 fully saturated rings. The largest absolute Gasteiger partial charge is 0.390 e. The van der Waals surface area contributed by atoms with Crippen LogP contribution in [-0.4, -0.2) is 27.3 Å². The third-order valence-electron chi connectivity index (χ3n) is 4.18. The minimum absolute atomic E-state index is 0.279. The van der Waals surface area contributed by atoms with Crippen LogP contribution < -0.4 is 5.32 Å². The molecule has 0 aliphatic heterocycles. The van der Waals surface area contributed by atoms with Crippen LogP contribution in [0.3, 0.4) is 0 Å². The predicted molar refractivity (Wildman–Crippen MR) is 82.5 cm³/mol. The quantitative estimate of drug-likeness (QED) is 0.676. The lowest BCUT2D eigenvalue weighted by Crippen LogP contribution is -2.34. The molecule has 1 aliphatic rings. The van der Waals surface area contributed by atoms with E-state index >= 15 is 0 Å². The zero-order chi connectivity index (χ0) is 15.1. The van der Waals surface area contributed by atoms with Gasteiger partial charge in [0.05, 0.1) is 17.7 Å². The SMILES string of the molecule is O=C(N[C@@H]1c2ccccc2C[C@@H]1O)c1n[nH]c2ccccc12. The van der Waals surface area contributed by atoms with Crippen molar-refractivity contribution in [3.63, 3.8) is 0 Å². The topological polar surface area (TPSA) is 78.0 Å². The first-order chi connectivity index (χ1) is 10.7. The Morgan fingerprint density at radius 2 is 1.95 bits per heavy atom. The molecular weight excluding hydrogens is 278 g/mol. The van der Waals surface area contributed by atoms with Gasteiger partial charge in [-0.25, -0.2) is 0 Å². The molecule has 5 heteroatoms. The molecule has 1 heterocycles. The van der Waals surface area contributed by atoms with Gasteiger partial charge in [-0.3, -0.25) is 9.89 Å². The zero-order valence-corrected chi connectivity index (χ0v) is 11.8. The number of fused-ring (bicyclic) bond motifs is 2. The van der Waals surface area contributed by atoms with Gasteiger partial charge in [-0.05, 0) is 17.2 Å². The number of aromatic nitrogens is 2. The Morgan fingerprint density at radius 3 is 2.86 bits per heavy atom. The van der Waals surface area contributed by atoms with Crippen LogP contribution in [0.5, 0.6) is 0 Å². The number of benzene rings is 2. The average molecular weight is 293 g/mol. The van der Waals surface area contributed by atoms with Gasteiger partial charge in [0.2, 0.25) is 0 Å². The molecule has 4 rings (SSSR count). The van der Waals surface area contributed by atoms with Crippen LogP contribution in [0.25, 0.3) is 10.9 Å². The first-order valence-corrected chi connectivity index (χ1v) is 7.24. The second-order valence-corrected chi connectivity index (χ2v) is 5.54. The molecule has 1 amide bonds. The smallest absolute Gasteiger partial charge is 0.272 e. The Labute approximate surface area is 127 Å². The van der Waals surface area contributed by atoms with Gasteiger partial charge in [-0.1, -0.05) is 42.5 Å². The molecule has 110 valence electrons. The number of carbonyl (C=O) groups is 1. The van der Waals surface area contributed by atoms with Crippen molar-refractivity contribution in [1.29, 1.82) is 0 Å². The van der Waals surface area contributed by atoms with E-state index in [0.29, 0.717) is 12.1 Å². The molecule has 1 aromatic heterocycles. The highest BCUT2D eigenvalue weighted by atomic mass is 16.3.